The van der Waals surface area contributed by atoms with Crippen molar-refractivity contribution in [1.82, 2.24) is 5.32 Å². The van der Waals surface area contributed by atoms with Gasteiger partial charge in [-0.05, 0) is 36.5 Å². The standard InChI is InChI=1S/C14H11FN2OS/c15-11-8-4-5-9-12(11)16-14(19)17-13(18)10-6-2-1-3-7-10/h1-9H,(H2,16,17,18,19). The fraction of sp³-hybridized carbons (Fsp3) is 0. The summed E-state index contributed by atoms with van der Waals surface area (Å²) in [5.74, 6) is -0.770. The zero-order valence-corrected chi connectivity index (χ0v) is 10.7. The quantitative estimate of drug-likeness (QED) is 0.827. The Balaban J connectivity index is 1.99. The molecule has 0 bridgehead atoms. The van der Waals surface area contributed by atoms with E-state index in [1.165, 1.54) is 12.1 Å². The van der Waals surface area contributed by atoms with Crippen LogP contribution in [0.25, 0.3) is 0 Å². The second-order valence-corrected chi connectivity index (χ2v) is 4.16. The molecule has 0 aliphatic rings. The number of hydrogen-bond donors (Lipinski definition) is 2. The normalized spacial score (nSPS) is 9.74. The largest absolute Gasteiger partial charge is 0.330 e. The van der Waals surface area contributed by atoms with Crippen LogP contribution in [0.4, 0.5) is 10.1 Å². The highest BCUT2D eigenvalue weighted by Crippen LogP contribution is 2.12. The van der Waals surface area contributed by atoms with Crippen LogP contribution in [0, 0.1) is 5.82 Å². The van der Waals surface area contributed by atoms with Crippen molar-refractivity contribution in [2.45, 2.75) is 0 Å². The average Bonchev–Trinajstić information content (AvgIpc) is 2.42. The monoisotopic (exact) mass is 274 g/mol. The maximum Gasteiger partial charge on any atom is 0.257 e. The van der Waals surface area contributed by atoms with Crippen molar-refractivity contribution in [3.63, 3.8) is 0 Å². The summed E-state index contributed by atoms with van der Waals surface area (Å²) < 4.78 is 13.4. The summed E-state index contributed by atoms with van der Waals surface area (Å²) in [5, 5.41) is 5.18. The number of carbonyl (C=O) groups excluding carboxylic acids is 1. The van der Waals surface area contributed by atoms with Gasteiger partial charge in [0.05, 0.1) is 5.69 Å². The number of rotatable bonds is 2. The van der Waals surface area contributed by atoms with Crippen molar-refractivity contribution in [2.75, 3.05) is 5.32 Å². The van der Waals surface area contributed by atoms with Crippen molar-refractivity contribution in [3.8, 4) is 0 Å². The number of thiocarbonyl (C=S) groups is 1. The van der Waals surface area contributed by atoms with Gasteiger partial charge >= 0.3 is 0 Å². The third-order valence-electron chi connectivity index (χ3n) is 2.39. The molecule has 3 nitrogen and oxygen atoms in total. The Morgan fingerprint density at radius 2 is 1.63 bits per heavy atom. The minimum absolute atomic E-state index is 0.0546. The SMILES string of the molecule is O=C(NC(=S)Nc1ccccc1F)c1ccccc1. The topological polar surface area (TPSA) is 41.1 Å². The third kappa shape index (κ3) is 3.59. The maximum absolute atomic E-state index is 13.4. The van der Waals surface area contributed by atoms with Gasteiger partial charge in [0, 0.05) is 5.56 Å². The van der Waals surface area contributed by atoms with Gasteiger partial charge in [0.15, 0.2) is 5.11 Å². The summed E-state index contributed by atoms with van der Waals surface area (Å²) in [6, 6.07) is 14.7. The van der Waals surface area contributed by atoms with E-state index in [1.807, 2.05) is 6.07 Å². The lowest BCUT2D eigenvalue weighted by molar-refractivity contribution is 0.0977. The van der Waals surface area contributed by atoms with E-state index in [-0.39, 0.29) is 16.7 Å². The van der Waals surface area contributed by atoms with Crippen LogP contribution >= 0.6 is 12.2 Å². The highest BCUT2D eigenvalue weighted by atomic mass is 32.1. The molecule has 0 spiro atoms. The molecule has 0 aromatic heterocycles. The van der Waals surface area contributed by atoms with E-state index < -0.39 is 5.82 Å². The Morgan fingerprint density at radius 1 is 1.00 bits per heavy atom. The number of halogens is 1. The van der Waals surface area contributed by atoms with E-state index in [4.69, 9.17) is 12.2 Å². The third-order valence-corrected chi connectivity index (χ3v) is 2.59. The minimum Gasteiger partial charge on any atom is -0.330 e. The van der Waals surface area contributed by atoms with E-state index in [2.05, 4.69) is 10.6 Å². The smallest absolute Gasteiger partial charge is 0.257 e. The van der Waals surface area contributed by atoms with Crippen LogP contribution in [-0.4, -0.2) is 11.0 Å². The molecule has 0 unspecified atom stereocenters. The van der Waals surface area contributed by atoms with Crippen molar-refractivity contribution < 1.29 is 9.18 Å². The molecule has 1 amide bonds. The minimum atomic E-state index is -0.432. The number of amides is 1. The molecule has 2 aromatic carbocycles. The first-order valence-electron chi connectivity index (χ1n) is 5.59. The Hall–Kier alpha value is -2.27. The molecule has 96 valence electrons. The molecule has 5 heteroatoms. The highest BCUT2D eigenvalue weighted by molar-refractivity contribution is 7.80. The molecule has 0 aliphatic heterocycles. The van der Waals surface area contributed by atoms with Gasteiger partial charge in [0.2, 0.25) is 0 Å². The number of nitrogens with one attached hydrogen (secondary N) is 2. The van der Waals surface area contributed by atoms with Crippen LogP contribution in [-0.2, 0) is 0 Å². The zero-order chi connectivity index (χ0) is 13.7. The molecule has 0 atom stereocenters. The Morgan fingerprint density at radius 3 is 2.32 bits per heavy atom. The first kappa shape index (κ1) is 13.2. The second kappa shape index (κ2) is 6.06. The van der Waals surface area contributed by atoms with Gasteiger partial charge in [-0.3, -0.25) is 10.1 Å². The van der Waals surface area contributed by atoms with Crippen LogP contribution in [0.2, 0.25) is 0 Å². The van der Waals surface area contributed by atoms with Gasteiger partial charge in [-0.1, -0.05) is 30.3 Å². The Bertz CT molecular complexity index is 601. The van der Waals surface area contributed by atoms with E-state index >= 15 is 0 Å². The van der Waals surface area contributed by atoms with Crippen LogP contribution < -0.4 is 10.6 Å². The summed E-state index contributed by atoms with van der Waals surface area (Å²) in [6.07, 6.45) is 0. The molecule has 0 heterocycles. The van der Waals surface area contributed by atoms with Gasteiger partial charge in [-0.2, -0.15) is 0 Å². The summed E-state index contributed by atoms with van der Waals surface area (Å²) >= 11 is 4.96. The van der Waals surface area contributed by atoms with E-state index in [0.29, 0.717) is 5.56 Å². The molecule has 19 heavy (non-hydrogen) atoms. The Kier molecular flexibility index (Phi) is 4.20. The number of anilines is 1. The van der Waals surface area contributed by atoms with Crippen LogP contribution in [0.3, 0.4) is 0 Å². The van der Waals surface area contributed by atoms with Crippen molar-refractivity contribution in [2.24, 2.45) is 0 Å². The molecular weight excluding hydrogens is 263 g/mol. The highest BCUT2D eigenvalue weighted by Gasteiger charge is 2.08. The van der Waals surface area contributed by atoms with Gasteiger partial charge in [-0.25, -0.2) is 4.39 Å². The molecule has 0 aliphatic carbocycles. The van der Waals surface area contributed by atoms with Crippen LogP contribution in [0.5, 0.6) is 0 Å². The number of hydrogen-bond acceptors (Lipinski definition) is 2. The molecule has 0 saturated heterocycles. The lowest BCUT2D eigenvalue weighted by atomic mass is 10.2. The van der Waals surface area contributed by atoms with E-state index in [1.54, 1.807) is 36.4 Å². The maximum atomic E-state index is 13.4. The fourth-order valence-electron chi connectivity index (χ4n) is 1.48. The van der Waals surface area contributed by atoms with Crippen LogP contribution in [0.15, 0.2) is 54.6 Å². The summed E-state index contributed by atoms with van der Waals surface area (Å²) in [5.41, 5.74) is 0.709. The number of para-hydroxylation sites is 1. The summed E-state index contributed by atoms with van der Waals surface area (Å²) in [7, 11) is 0. The Labute approximate surface area is 115 Å². The summed E-state index contributed by atoms with van der Waals surface area (Å²) in [6.45, 7) is 0. The van der Waals surface area contributed by atoms with Crippen LogP contribution in [0.1, 0.15) is 10.4 Å². The van der Waals surface area contributed by atoms with Crippen molar-refractivity contribution >= 4 is 28.9 Å². The van der Waals surface area contributed by atoms with Gasteiger partial charge < -0.3 is 5.32 Å². The second-order valence-electron chi connectivity index (χ2n) is 3.75. The first-order valence-corrected chi connectivity index (χ1v) is 5.99. The van der Waals surface area contributed by atoms with Crippen molar-refractivity contribution in [3.05, 3.63) is 66.0 Å². The summed E-state index contributed by atoms with van der Waals surface area (Å²) in [4.78, 5) is 11.8. The molecular formula is C14H11FN2OS. The fourth-order valence-corrected chi connectivity index (χ4v) is 1.68. The molecule has 0 fully saturated rings. The average molecular weight is 274 g/mol. The molecule has 2 rings (SSSR count). The van der Waals surface area contributed by atoms with Gasteiger partial charge in [0.1, 0.15) is 5.82 Å². The van der Waals surface area contributed by atoms with Crippen molar-refractivity contribution in [1.29, 1.82) is 0 Å². The zero-order valence-electron chi connectivity index (χ0n) is 9.89. The van der Waals surface area contributed by atoms with Gasteiger partial charge in [0.25, 0.3) is 5.91 Å². The predicted molar refractivity (Wildman–Crippen MR) is 76.5 cm³/mol. The molecule has 2 N–H and O–H groups in total. The number of benzene rings is 2. The molecule has 0 radical (unpaired) electrons. The van der Waals surface area contributed by atoms with E-state index in [9.17, 15) is 9.18 Å². The first-order chi connectivity index (χ1) is 9.16. The van der Waals surface area contributed by atoms with E-state index in [0.717, 1.165) is 0 Å². The predicted octanol–water partition coefficient (Wildman–Crippen LogP) is 2.95. The lowest BCUT2D eigenvalue weighted by Gasteiger charge is -2.10. The molecule has 0 saturated carbocycles. The molecule has 2 aromatic rings. The van der Waals surface area contributed by atoms with Gasteiger partial charge in [-0.15, -0.1) is 0 Å². The number of carbonyl (C=O) groups is 1. The lowest BCUT2D eigenvalue weighted by Crippen LogP contribution is -2.34.